The lowest BCUT2D eigenvalue weighted by Crippen LogP contribution is -2.13. The summed E-state index contributed by atoms with van der Waals surface area (Å²) >= 11 is 9.33. The van der Waals surface area contributed by atoms with Gasteiger partial charge >= 0.3 is 0 Å². The molecule has 0 saturated carbocycles. The van der Waals surface area contributed by atoms with Gasteiger partial charge in [0.2, 0.25) is 0 Å². The van der Waals surface area contributed by atoms with E-state index in [9.17, 15) is 4.79 Å². The van der Waals surface area contributed by atoms with E-state index in [1.54, 1.807) is 30.3 Å². The van der Waals surface area contributed by atoms with Crippen LogP contribution in [-0.4, -0.2) is 27.2 Å². The number of hydrogen-bond donors (Lipinski definition) is 1. The molecule has 1 N–H and O–H groups in total. The Labute approximate surface area is 147 Å². The maximum Gasteiger partial charge on any atom is 0.256 e. The van der Waals surface area contributed by atoms with Crippen LogP contribution in [0.15, 0.2) is 34.8 Å². The van der Waals surface area contributed by atoms with Crippen LogP contribution >= 0.6 is 27.5 Å². The molecule has 2 rings (SSSR count). The smallest absolute Gasteiger partial charge is 0.256 e. The molecule has 5 nitrogen and oxygen atoms in total. The van der Waals surface area contributed by atoms with Crippen molar-refractivity contribution in [3.05, 3.63) is 45.4 Å². The molecule has 2 aromatic carbocycles. The predicted molar refractivity (Wildman–Crippen MR) is 93.2 cm³/mol. The molecule has 0 spiro atoms. The molecule has 1 amide bonds. The van der Waals surface area contributed by atoms with Gasteiger partial charge in [0, 0.05) is 10.6 Å². The molecule has 0 aliphatic heterocycles. The van der Waals surface area contributed by atoms with Crippen LogP contribution in [0.25, 0.3) is 0 Å². The zero-order valence-corrected chi connectivity index (χ0v) is 15.1. The highest BCUT2D eigenvalue weighted by molar-refractivity contribution is 9.10. The molecule has 2 aromatic rings. The quantitative estimate of drug-likeness (QED) is 0.809. The number of carbonyl (C=O) groups is 1. The first-order valence-corrected chi connectivity index (χ1v) is 7.73. The monoisotopic (exact) mass is 399 g/mol. The first-order chi connectivity index (χ1) is 11.0. The van der Waals surface area contributed by atoms with Crippen LogP contribution in [0.2, 0.25) is 5.02 Å². The number of anilines is 1. The Kier molecular flexibility index (Phi) is 5.74. The second kappa shape index (κ2) is 7.57. The maximum absolute atomic E-state index is 12.5. The van der Waals surface area contributed by atoms with Crippen molar-refractivity contribution in [2.75, 3.05) is 26.6 Å². The van der Waals surface area contributed by atoms with Crippen LogP contribution in [0.5, 0.6) is 17.2 Å². The summed E-state index contributed by atoms with van der Waals surface area (Å²) in [4.78, 5) is 12.5. The molecule has 0 bridgehead atoms. The van der Waals surface area contributed by atoms with E-state index in [4.69, 9.17) is 25.8 Å². The lowest BCUT2D eigenvalue weighted by Gasteiger charge is -2.13. The number of ether oxygens (including phenoxy) is 3. The fourth-order valence-electron chi connectivity index (χ4n) is 1.97. The molecule has 23 heavy (non-hydrogen) atoms. The highest BCUT2D eigenvalue weighted by Gasteiger charge is 2.16. The number of hydrogen-bond acceptors (Lipinski definition) is 4. The van der Waals surface area contributed by atoms with E-state index < -0.39 is 0 Å². The minimum atomic E-state index is -0.338. The largest absolute Gasteiger partial charge is 0.495 e. The Hall–Kier alpha value is -1.92. The molecule has 0 saturated heterocycles. The van der Waals surface area contributed by atoms with Gasteiger partial charge in [-0.1, -0.05) is 11.6 Å². The normalized spacial score (nSPS) is 10.1. The highest BCUT2D eigenvalue weighted by atomic mass is 79.9. The van der Waals surface area contributed by atoms with E-state index >= 15 is 0 Å². The van der Waals surface area contributed by atoms with Crippen molar-refractivity contribution in [1.29, 1.82) is 0 Å². The molecule has 0 aliphatic carbocycles. The van der Waals surface area contributed by atoms with Crippen LogP contribution in [-0.2, 0) is 0 Å². The third-order valence-electron chi connectivity index (χ3n) is 3.12. The van der Waals surface area contributed by atoms with Gasteiger partial charge in [-0.3, -0.25) is 4.79 Å². The third kappa shape index (κ3) is 3.89. The van der Waals surface area contributed by atoms with Gasteiger partial charge in [0.15, 0.2) is 0 Å². The molecule has 0 fully saturated rings. The molecule has 0 aliphatic rings. The number of methoxy groups -OCH3 is 3. The second-order valence-electron chi connectivity index (χ2n) is 4.49. The van der Waals surface area contributed by atoms with Gasteiger partial charge in [0.05, 0.1) is 27.0 Å². The summed E-state index contributed by atoms with van der Waals surface area (Å²) in [6.07, 6.45) is 0. The summed E-state index contributed by atoms with van der Waals surface area (Å²) in [6.45, 7) is 0. The molecule has 0 heterocycles. The second-order valence-corrected chi connectivity index (χ2v) is 5.72. The van der Waals surface area contributed by atoms with Gasteiger partial charge in [-0.2, -0.15) is 0 Å². The van der Waals surface area contributed by atoms with Gasteiger partial charge in [0.1, 0.15) is 21.7 Å². The molecular formula is C16H15BrClNO4. The molecule has 0 aromatic heterocycles. The summed E-state index contributed by atoms with van der Waals surface area (Å²) in [7, 11) is 4.55. The predicted octanol–water partition coefficient (Wildman–Crippen LogP) is 4.38. The van der Waals surface area contributed by atoms with E-state index in [0.717, 1.165) is 0 Å². The van der Waals surface area contributed by atoms with Gasteiger partial charge in [0.25, 0.3) is 5.91 Å². The highest BCUT2D eigenvalue weighted by Crippen LogP contribution is 2.36. The van der Waals surface area contributed by atoms with Gasteiger partial charge in [-0.15, -0.1) is 0 Å². The van der Waals surface area contributed by atoms with Crippen molar-refractivity contribution in [2.45, 2.75) is 0 Å². The Morgan fingerprint density at radius 3 is 2.09 bits per heavy atom. The average Bonchev–Trinajstić information content (AvgIpc) is 2.55. The number of nitrogens with one attached hydrogen (secondary N) is 1. The summed E-state index contributed by atoms with van der Waals surface area (Å²) in [6, 6.07) is 8.20. The lowest BCUT2D eigenvalue weighted by molar-refractivity contribution is 0.102. The summed E-state index contributed by atoms with van der Waals surface area (Å²) in [5.74, 6) is 1.16. The Morgan fingerprint density at radius 1 is 1.00 bits per heavy atom. The molecule has 0 unspecified atom stereocenters. The van der Waals surface area contributed by atoms with Crippen molar-refractivity contribution in [1.82, 2.24) is 0 Å². The van der Waals surface area contributed by atoms with Gasteiger partial charge < -0.3 is 19.5 Å². The number of carbonyl (C=O) groups excluding carboxylic acids is 1. The topological polar surface area (TPSA) is 56.8 Å². The first-order valence-electron chi connectivity index (χ1n) is 6.56. The van der Waals surface area contributed by atoms with Crippen LogP contribution < -0.4 is 19.5 Å². The molecule has 7 heteroatoms. The summed E-state index contributed by atoms with van der Waals surface area (Å²) in [5, 5.41) is 3.26. The van der Waals surface area contributed by atoms with E-state index in [0.29, 0.717) is 38.0 Å². The van der Waals surface area contributed by atoms with Crippen LogP contribution in [0, 0.1) is 0 Å². The Bertz CT molecular complexity index is 711. The zero-order valence-electron chi connectivity index (χ0n) is 12.8. The Balaban J connectivity index is 2.36. The van der Waals surface area contributed by atoms with E-state index in [2.05, 4.69) is 21.2 Å². The number of halogens is 2. The minimum Gasteiger partial charge on any atom is -0.495 e. The first kappa shape index (κ1) is 17.4. The van der Waals surface area contributed by atoms with Crippen molar-refractivity contribution in [3.8, 4) is 17.2 Å². The summed E-state index contributed by atoms with van der Waals surface area (Å²) in [5.41, 5.74) is 0.856. The minimum absolute atomic E-state index is 0.338. The molecule has 122 valence electrons. The van der Waals surface area contributed by atoms with Crippen molar-refractivity contribution < 1.29 is 19.0 Å². The van der Waals surface area contributed by atoms with E-state index in [1.807, 2.05) is 0 Å². The number of benzene rings is 2. The lowest BCUT2D eigenvalue weighted by atomic mass is 10.1. The SMILES string of the molecule is COc1ccc(Cl)cc1NC(=O)c1cc(OC)c(Br)c(OC)c1. The molecular weight excluding hydrogens is 386 g/mol. The van der Waals surface area contributed by atoms with Crippen LogP contribution in [0.1, 0.15) is 10.4 Å². The third-order valence-corrected chi connectivity index (χ3v) is 4.13. The van der Waals surface area contributed by atoms with E-state index in [1.165, 1.54) is 21.3 Å². The number of amides is 1. The van der Waals surface area contributed by atoms with Crippen LogP contribution in [0.3, 0.4) is 0 Å². The molecule has 0 radical (unpaired) electrons. The number of rotatable bonds is 5. The Morgan fingerprint density at radius 2 is 1.57 bits per heavy atom. The van der Waals surface area contributed by atoms with Crippen LogP contribution in [0.4, 0.5) is 5.69 Å². The van der Waals surface area contributed by atoms with Gasteiger partial charge in [-0.25, -0.2) is 0 Å². The van der Waals surface area contributed by atoms with Crippen molar-refractivity contribution in [3.63, 3.8) is 0 Å². The fraction of sp³-hybridized carbons (Fsp3) is 0.188. The zero-order chi connectivity index (χ0) is 17.0. The van der Waals surface area contributed by atoms with Gasteiger partial charge in [-0.05, 0) is 46.3 Å². The van der Waals surface area contributed by atoms with Crippen molar-refractivity contribution >= 4 is 39.1 Å². The standard InChI is InChI=1S/C16H15BrClNO4/c1-21-12-5-4-10(18)8-11(12)19-16(20)9-6-13(22-2)15(17)14(7-9)23-3/h4-8H,1-3H3,(H,19,20). The van der Waals surface area contributed by atoms with E-state index in [-0.39, 0.29) is 5.91 Å². The summed E-state index contributed by atoms with van der Waals surface area (Å²) < 4.78 is 16.3. The maximum atomic E-state index is 12.5. The molecule has 0 atom stereocenters. The van der Waals surface area contributed by atoms with Crippen molar-refractivity contribution in [2.24, 2.45) is 0 Å². The average molecular weight is 401 g/mol. The fourth-order valence-corrected chi connectivity index (χ4v) is 2.70.